The molecule has 4 rings (SSSR count). The predicted molar refractivity (Wildman–Crippen MR) is 120 cm³/mol. The molecule has 0 N–H and O–H groups in total. The number of ether oxygens (including phenoxy) is 2. The summed E-state index contributed by atoms with van der Waals surface area (Å²) in [6.07, 6.45) is 2.40. The van der Waals surface area contributed by atoms with Crippen LogP contribution in [0, 0.1) is 0 Å². The van der Waals surface area contributed by atoms with Gasteiger partial charge in [0.05, 0.1) is 30.5 Å². The first kappa shape index (κ1) is 22.0. The molecule has 1 fully saturated rings. The molecule has 32 heavy (non-hydrogen) atoms. The van der Waals surface area contributed by atoms with Crippen LogP contribution in [0.2, 0.25) is 5.02 Å². The molecule has 0 unspecified atom stereocenters. The van der Waals surface area contributed by atoms with E-state index in [1.54, 1.807) is 19.2 Å². The molecule has 0 bridgehead atoms. The molecule has 0 spiro atoms. The number of nitrogens with zero attached hydrogens (tertiary/aromatic N) is 6. The molecule has 1 aliphatic rings. The largest absolute Gasteiger partial charge is 0.497 e. The second kappa shape index (κ2) is 9.97. The molecule has 0 saturated carbocycles. The number of carbonyl (C=O) groups excluding carboxylic acids is 1. The molecule has 2 aromatic carbocycles. The van der Waals surface area contributed by atoms with Gasteiger partial charge in [0.1, 0.15) is 17.8 Å². The molecule has 2 heterocycles. The van der Waals surface area contributed by atoms with Gasteiger partial charge in [-0.1, -0.05) is 23.7 Å². The molecule has 10 heteroatoms. The molecule has 3 aromatic rings. The first-order valence-corrected chi connectivity index (χ1v) is 10.7. The van der Waals surface area contributed by atoms with E-state index in [1.807, 2.05) is 17.0 Å². The molecule has 1 aromatic heterocycles. The fourth-order valence-corrected chi connectivity index (χ4v) is 4.00. The maximum atomic E-state index is 13.2. The van der Waals surface area contributed by atoms with Crippen molar-refractivity contribution in [2.24, 2.45) is 0 Å². The fraction of sp³-hybridized carbons (Fsp3) is 0.364. The van der Waals surface area contributed by atoms with Gasteiger partial charge in [0.15, 0.2) is 0 Å². The monoisotopic (exact) mass is 456 g/mol. The fourth-order valence-electron chi connectivity index (χ4n) is 3.75. The summed E-state index contributed by atoms with van der Waals surface area (Å²) >= 11 is 6.42. The van der Waals surface area contributed by atoms with Crippen molar-refractivity contribution in [1.29, 1.82) is 0 Å². The van der Waals surface area contributed by atoms with Gasteiger partial charge in [-0.3, -0.25) is 9.69 Å². The lowest BCUT2D eigenvalue weighted by molar-refractivity contribution is 0.0635. The molecule has 0 atom stereocenters. The van der Waals surface area contributed by atoms with Gasteiger partial charge in [0, 0.05) is 38.8 Å². The number of rotatable bonds is 7. The topological polar surface area (TPSA) is 85.6 Å². The summed E-state index contributed by atoms with van der Waals surface area (Å²) in [5.74, 6) is 1.20. The van der Waals surface area contributed by atoms with E-state index in [2.05, 4.69) is 32.6 Å². The van der Waals surface area contributed by atoms with E-state index in [-0.39, 0.29) is 5.91 Å². The van der Waals surface area contributed by atoms with Crippen LogP contribution in [0.25, 0.3) is 5.69 Å². The second-order valence-electron chi connectivity index (χ2n) is 7.49. The Labute approximate surface area is 191 Å². The van der Waals surface area contributed by atoms with E-state index in [0.29, 0.717) is 35.1 Å². The minimum Gasteiger partial charge on any atom is -0.497 e. The van der Waals surface area contributed by atoms with E-state index < -0.39 is 0 Å². The average molecular weight is 457 g/mol. The summed E-state index contributed by atoms with van der Waals surface area (Å²) in [5.41, 5.74) is 2.25. The zero-order valence-corrected chi connectivity index (χ0v) is 18.8. The van der Waals surface area contributed by atoms with Gasteiger partial charge < -0.3 is 14.4 Å². The minimum absolute atomic E-state index is 0.0955. The van der Waals surface area contributed by atoms with Crippen molar-refractivity contribution in [2.75, 3.05) is 46.9 Å². The Bertz CT molecular complexity index is 1050. The molecular weight excluding hydrogens is 432 g/mol. The SMILES string of the molecule is COc1ccc(CCN2CCN(C(=O)c3cc(Cl)c(-n4cnnn4)cc3OC)CC2)cc1. The number of amides is 1. The lowest BCUT2D eigenvalue weighted by Gasteiger charge is -2.35. The Balaban J connectivity index is 1.37. The third kappa shape index (κ3) is 4.84. The Hall–Kier alpha value is -3.17. The first-order chi connectivity index (χ1) is 15.6. The van der Waals surface area contributed by atoms with Crippen molar-refractivity contribution in [3.05, 3.63) is 58.9 Å². The van der Waals surface area contributed by atoms with Gasteiger partial charge in [-0.15, -0.1) is 5.10 Å². The van der Waals surface area contributed by atoms with E-state index in [4.69, 9.17) is 21.1 Å². The number of benzene rings is 2. The van der Waals surface area contributed by atoms with Crippen LogP contribution in [0.1, 0.15) is 15.9 Å². The average Bonchev–Trinajstić information content (AvgIpc) is 3.37. The quantitative estimate of drug-likeness (QED) is 0.539. The highest BCUT2D eigenvalue weighted by Crippen LogP contribution is 2.30. The Morgan fingerprint density at radius 1 is 1.06 bits per heavy atom. The lowest BCUT2D eigenvalue weighted by atomic mass is 10.1. The van der Waals surface area contributed by atoms with Crippen LogP contribution in [0.5, 0.6) is 11.5 Å². The molecule has 168 valence electrons. The number of hydrogen-bond acceptors (Lipinski definition) is 7. The third-order valence-corrected chi connectivity index (χ3v) is 5.93. The van der Waals surface area contributed by atoms with Crippen molar-refractivity contribution >= 4 is 17.5 Å². The molecule has 0 aliphatic carbocycles. The normalized spacial score (nSPS) is 14.4. The Morgan fingerprint density at radius 2 is 1.81 bits per heavy atom. The number of carbonyl (C=O) groups is 1. The van der Waals surface area contributed by atoms with Crippen LogP contribution >= 0.6 is 11.6 Å². The highest BCUT2D eigenvalue weighted by atomic mass is 35.5. The summed E-state index contributed by atoms with van der Waals surface area (Å²) in [4.78, 5) is 17.4. The van der Waals surface area contributed by atoms with Crippen molar-refractivity contribution < 1.29 is 14.3 Å². The Kier molecular flexibility index (Phi) is 6.87. The van der Waals surface area contributed by atoms with E-state index in [9.17, 15) is 4.79 Å². The van der Waals surface area contributed by atoms with Gasteiger partial charge >= 0.3 is 0 Å². The molecule has 1 aliphatic heterocycles. The van der Waals surface area contributed by atoms with Gasteiger partial charge in [0.25, 0.3) is 5.91 Å². The lowest BCUT2D eigenvalue weighted by Crippen LogP contribution is -2.49. The number of tetrazole rings is 1. The van der Waals surface area contributed by atoms with Crippen LogP contribution in [-0.4, -0.2) is 82.9 Å². The first-order valence-electron chi connectivity index (χ1n) is 10.3. The van der Waals surface area contributed by atoms with E-state index >= 15 is 0 Å². The molecular formula is C22H25ClN6O3. The predicted octanol–water partition coefficient (Wildman–Crippen LogP) is 2.33. The number of aromatic nitrogens is 4. The van der Waals surface area contributed by atoms with Crippen LogP contribution in [0.15, 0.2) is 42.7 Å². The summed E-state index contributed by atoms with van der Waals surface area (Å²) < 4.78 is 12.1. The van der Waals surface area contributed by atoms with Crippen molar-refractivity contribution in [1.82, 2.24) is 30.0 Å². The van der Waals surface area contributed by atoms with Crippen molar-refractivity contribution in [3.63, 3.8) is 0 Å². The van der Waals surface area contributed by atoms with Crippen LogP contribution in [0.4, 0.5) is 0 Å². The molecule has 1 amide bonds. The maximum absolute atomic E-state index is 13.2. The summed E-state index contributed by atoms with van der Waals surface area (Å²) in [6.45, 7) is 3.89. The number of methoxy groups -OCH3 is 2. The van der Waals surface area contributed by atoms with Gasteiger partial charge in [-0.25, -0.2) is 0 Å². The Morgan fingerprint density at radius 3 is 2.44 bits per heavy atom. The number of hydrogen-bond donors (Lipinski definition) is 0. The highest BCUT2D eigenvalue weighted by Gasteiger charge is 2.25. The smallest absolute Gasteiger partial charge is 0.257 e. The van der Waals surface area contributed by atoms with Gasteiger partial charge in [0.2, 0.25) is 0 Å². The van der Waals surface area contributed by atoms with E-state index in [1.165, 1.54) is 23.7 Å². The van der Waals surface area contributed by atoms with Crippen molar-refractivity contribution in [3.8, 4) is 17.2 Å². The zero-order valence-electron chi connectivity index (χ0n) is 18.1. The van der Waals surface area contributed by atoms with Crippen LogP contribution in [-0.2, 0) is 6.42 Å². The van der Waals surface area contributed by atoms with E-state index in [0.717, 1.165) is 31.8 Å². The summed E-state index contributed by atoms with van der Waals surface area (Å²) in [5, 5.41) is 11.5. The number of halogens is 1. The maximum Gasteiger partial charge on any atom is 0.257 e. The third-order valence-electron chi connectivity index (χ3n) is 5.63. The molecule has 9 nitrogen and oxygen atoms in total. The van der Waals surface area contributed by atoms with Crippen molar-refractivity contribution in [2.45, 2.75) is 6.42 Å². The standard InChI is InChI=1S/C22H25ClN6O3/c1-31-17-5-3-16(4-6-17)7-8-27-9-11-28(12-10-27)22(30)18-13-19(23)20(14-21(18)32-2)29-15-24-25-26-29/h3-6,13-15H,7-12H2,1-2H3. The van der Waals surface area contributed by atoms with Crippen LogP contribution in [0.3, 0.4) is 0 Å². The summed E-state index contributed by atoms with van der Waals surface area (Å²) in [7, 11) is 3.20. The highest BCUT2D eigenvalue weighted by molar-refractivity contribution is 6.33. The summed E-state index contributed by atoms with van der Waals surface area (Å²) in [6, 6.07) is 11.4. The van der Waals surface area contributed by atoms with Gasteiger partial charge in [-0.05, 0) is 40.6 Å². The second-order valence-corrected chi connectivity index (χ2v) is 7.90. The minimum atomic E-state index is -0.0955. The zero-order chi connectivity index (χ0) is 22.5. The van der Waals surface area contributed by atoms with Crippen LogP contribution < -0.4 is 9.47 Å². The molecule has 1 saturated heterocycles. The number of piperazine rings is 1. The molecule has 0 radical (unpaired) electrons. The van der Waals surface area contributed by atoms with Gasteiger partial charge in [-0.2, -0.15) is 4.68 Å².